The molecule has 256 valence electrons. The van der Waals surface area contributed by atoms with E-state index in [4.69, 9.17) is 11.6 Å². The van der Waals surface area contributed by atoms with Gasteiger partial charge in [0.05, 0.1) is 18.5 Å². The quantitative estimate of drug-likeness (QED) is 0.115. The van der Waals surface area contributed by atoms with E-state index in [1.807, 2.05) is 66.4 Å². The summed E-state index contributed by atoms with van der Waals surface area (Å²) < 4.78 is 31.0. The Morgan fingerprint density at radius 1 is 0.820 bits per heavy atom. The van der Waals surface area contributed by atoms with Crippen LogP contribution in [0.1, 0.15) is 41.2 Å². The van der Waals surface area contributed by atoms with Gasteiger partial charge in [-0.05, 0) is 60.4 Å². The van der Waals surface area contributed by atoms with Crippen LogP contribution in [0.15, 0.2) is 144 Å². The lowest BCUT2D eigenvalue weighted by atomic mass is 9.75. The zero-order valence-corrected chi connectivity index (χ0v) is 29.3. The molecule has 9 nitrogen and oxygen atoms in total. The third-order valence-corrected chi connectivity index (χ3v) is 10.7. The number of nitrogens with zero attached hydrogens (tertiary/aromatic N) is 3. The molecule has 0 saturated carbocycles. The van der Waals surface area contributed by atoms with Crippen LogP contribution in [-0.4, -0.2) is 41.9 Å². The van der Waals surface area contributed by atoms with Gasteiger partial charge in [0.2, 0.25) is 16.4 Å². The topological polar surface area (TPSA) is 104 Å². The highest BCUT2D eigenvalue weighted by molar-refractivity contribution is 7.91. The highest BCUT2D eigenvalue weighted by Crippen LogP contribution is 2.52. The summed E-state index contributed by atoms with van der Waals surface area (Å²) in [5, 5.41) is 3.29. The Kier molecular flexibility index (Phi) is 9.97. The van der Waals surface area contributed by atoms with Crippen LogP contribution >= 0.6 is 11.6 Å². The molecule has 0 spiro atoms. The number of rotatable bonds is 12. The number of anilines is 1. The average molecular weight is 708 g/mol. The number of aromatic nitrogens is 1. The number of aryl methyl sites for hydroxylation is 1. The van der Waals surface area contributed by atoms with Crippen molar-refractivity contribution in [2.45, 2.75) is 37.5 Å². The van der Waals surface area contributed by atoms with Gasteiger partial charge < -0.3 is 10.2 Å². The zero-order chi connectivity index (χ0) is 35.5. The largest absolute Gasteiger partial charge is 0.346 e. The Hall–Kier alpha value is -5.16. The molecule has 50 heavy (non-hydrogen) atoms. The molecular weight excluding hydrogens is 670 g/mol. The maximum Gasteiger partial charge on any atom is 0.277 e. The van der Waals surface area contributed by atoms with Crippen molar-refractivity contribution in [2.24, 2.45) is 0 Å². The predicted molar refractivity (Wildman–Crippen MR) is 198 cm³/mol. The van der Waals surface area contributed by atoms with Crippen LogP contribution in [0.25, 0.3) is 0 Å². The van der Waals surface area contributed by atoms with E-state index < -0.39 is 27.4 Å². The lowest BCUT2D eigenvalue weighted by Gasteiger charge is -2.49. The number of halogens is 1. The van der Waals surface area contributed by atoms with Gasteiger partial charge in [-0.2, -0.15) is 0 Å². The highest BCUT2D eigenvalue weighted by atomic mass is 35.5. The monoisotopic (exact) mass is 707 g/mol. The van der Waals surface area contributed by atoms with Gasteiger partial charge in [-0.15, -0.1) is 0 Å². The van der Waals surface area contributed by atoms with E-state index in [0.717, 1.165) is 16.7 Å². The SMILES string of the molecule is C=C1C(C)N(CNC=O)C(n2c(C)ccc(NS(=O)(=O)Cc3ccc(Cl)cc3)c2=O)N1C(c1ccccc1)(c1ccccc1)c1ccccc1. The van der Waals surface area contributed by atoms with E-state index in [2.05, 4.69) is 57.9 Å². The summed E-state index contributed by atoms with van der Waals surface area (Å²) in [6.45, 7) is 8.48. The maximum atomic E-state index is 14.7. The summed E-state index contributed by atoms with van der Waals surface area (Å²) in [5.74, 6) is -0.352. The van der Waals surface area contributed by atoms with Crippen LogP contribution < -0.4 is 15.6 Å². The van der Waals surface area contributed by atoms with E-state index in [0.29, 0.717) is 28.4 Å². The van der Waals surface area contributed by atoms with Gasteiger partial charge in [0, 0.05) is 16.4 Å². The molecule has 0 aliphatic carbocycles. The predicted octanol–water partition coefficient (Wildman–Crippen LogP) is 6.42. The van der Waals surface area contributed by atoms with Crippen molar-refractivity contribution in [1.29, 1.82) is 0 Å². The molecule has 4 aromatic carbocycles. The van der Waals surface area contributed by atoms with Crippen LogP contribution in [0.2, 0.25) is 5.02 Å². The fourth-order valence-electron chi connectivity index (χ4n) is 6.87. The third kappa shape index (κ3) is 6.45. The maximum absolute atomic E-state index is 14.7. The second-order valence-corrected chi connectivity index (χ2v) is 14.4. The van der Waals surface area contributed by atoms with Crippen LogP contribution in [0.3, 0.4) is 0 Å². The zero-order valence-electron chi connectivity index (χ0n) is 27.7. The first kappa shape index (κ1) is 34.7. The van der Waals surface area contributed by atoms with Gasteiger partial charge in [-0.1, -0.05) is 121 Å². The first-order chi connectivity index (χ1) is 24.1. The smallest absolute Gasteiger partial charge is 0.277 e. The van der Waals surface area contributed by atoms with Gasteiger partial charge in [-0.25, -0.2) is 13.3 Å². The van der Waals surface area contributed by atoms with E-state index in [9.17, 15) is 18.0 Å². The number of amides is 1. The van der Waals surface area contributed by atoms with Crippen molar-refractivity contribution in [3.63, 3.8) is 0 Å². The van der Waals surface area contributed by atoms with Gasteiger partial charge in [0.15, 0.2) is 6.29 Å². The molecule has 2 atom stereocenters. The van der Waals surface area contributed by atoms with Crippen molar-refractivity contribution in [3.8, 4) is 0 Å². The Morgan fingerprint density at radius 3 is 1.84 bits per heavy atom. The Morgan fingerprint density at radius 2 is 1.34 bits per heavy atom. The summed E-state index contributed by atoms with van der Waals surface area (Å²) in [4.78, 5) is 30.5. The Balaban J connectivity index is 1.60. The number of sulfonamides is 1. The van der Waals surface area contributed by atoms with E-state index in [-0.39, 0.29) is 24.2 Å². The molecule has 1 aliphatic heterocycles. The van der Waals surface area contributed by atoms with Crippen LogP contribution in [0.4, 0.5) is 5.69 Å². The number of nitrogens with one attached hydrogen (secondary N) is 2. The van der Waals surface area contributed by atoms with Gasteiger partial charge in [-0.3, -0.25) is 18.9 Å². The molecule has 1 fully saturated rings. The van der Waals surface area contributed by atoms with Gasteiger partial charge >= 0.3 is 0 Å². The van der Waals surface area contributed by atoms with Crippen LogP contribution in [0.5, 0.6) is 0 Å². The van der Waals surface area contributed by atoms with Crippen LogP contribution in [0, 0.1) is 6.92 Å². The summed E-state index contributed by atoms with van der Waals surface area (Å²) in [5.41, 5.74) is 2.86. The molecule has 0 radical (unpaired) electrons. The summed E-state index contributed by atoms with van der Waals surface area (Å²) in [6, 6.07) is 39.4. The fourth-order valence-corrected chi connectivity index (χ4v) is 8.19. The molecule has 2 heterocycles. The second-order valence-electron chi connectivity index (χ2n) is 12.2. The number of hydrogen-bond acceptors (Lipinski definition) is 6. The number of carbonyl (C=O) groups excluding carboxylic acids is 1. The van der Waals surface area contributed by atoms with Crippen molar-refractivity contribution in [1.82, 2.24) is 19.7 Å². The summed E-state index contributed by atoms with van der Waals surface area (Å²) in [7, 11) is -4.01. The summed E-state index contributed by atoms with van der Waals surface area (Å²) in [6.07, 6.45) is -0.260. The fraction of sp³-hybridized carbons (Fsp3) is 0.179. The van der Waals surface area contributed by atoms with Crippen LogP contribution in [-0.2, 0) is 26.1 Å². The minimum atomic E-state index is -4.01. The third-order valence-electron chi connectivity index (χ3n) is 9.20. The number of pyridine rings is 1. The first-order valence-corrected chi connectivity index (χ1v) is 18.2. The van der Waals surface area contributed by atoms with E-state index in [1.165, 1.54) is 6.07 Å². The van der Waals surface area contributed by atoms with Crippen molar-refractivity contribution in [2.75, 3.05) is 11.4 Å². The first-order valence-electron chi connectivity index (χ1n) is 16.1. The molecule has 6 rings (SSSR count). The molecule has 5 aromatic rings. The molecule has 1 aromatic heterocycles. The number of benzene rings is 4. The standard InChI is InChI=1S/C39H38ClN5O4S/c1-28-19-24-36(42-50(48,49)25-31-20-22-35(40)23-21-31)37(47)44(28)38-43(26-41-27-46)29(2)30(3)45(38)39(32-13-7-4-8-14-32,33-15-9-5-10-16-33)34-17-11-6-12-18-34/h4-24,27,29,38,42H,3,25-26H2,1-2H3,(H,41,46). The molecule has 11 heteroatoms. The van der Waals surface area contributed by atoms with Crippen molar-refractivity contribution < 1.29 is 13.2 Å². The van der Waals surface area contributed by atoms with E-state index in [1.54, 1.807) is 41.8 Å². The second kappa shape index (κ2) is 14.4. The minimum absolute atomic E-state index is 0.0811. The highest BCUT2D eigenvalue weighted by Gasteiger charge is 2.54. The Labute approximate surface area is 297 Å². The normalized spacial score (nSPS) is 16.7. The molecular formula is C39H38ClN5O4S. The Bertz CT molecular complexity index is 2050. The van der Waals surface area contributed by atoms with Gasteiger partial charge in [0.25, 0.3) is 5.56 Å². The molecule has 2 unspecified atom stereocenters. The number of carbonyl (C=O) groups is 1. The van der Waals surface area contributed by atoms with E-state index >= 15 is 0 Å². The molecule has 1 aliphatic rings. The minimum Gasteiger partial charge on any atom is -0.346 e. The molecule has 2 N–H and O–H groups in total. The lowest BCUT2D eigenvalue weighted by Crippen LogP contribution is -2.53. The molecule has 0 bridgehead atoms. The summed E-state index contributed by atoms with van der Waals surface area (Å²) >= 11 is 6.01. The lowest BCUT2D eigenvalue weighted by molar-refractivity contribution is -0.110. The molecule has 1 saturated heterocycles. The van der Waals surface area contributed by atoms with Crippen molar-refractivity contribution >= 4 is 33.7 Å². The van der Waals surface area contributed by atoms with Crippen molar-refractivity contribution in [3.05, 3.63) is 183 Å². The average Bonchev–Trinajstić information content (AvgIpc) is 3.36. The number of hydrogen-bond donors (Lipinski definition) is 2. The van der Waals surface area contributed by atoms with Gasteiger partial charge in [0.1, 0.15) is 11.2 Å². The molecule has 1 amide bonds.